The van der Waals surface area contributed by atoms with Gasteiger partial charge in [-0.1, -0.05) is 48.5 Å². The van der Waals surface area contributed by atoms with E-state index in [9.17, 15) is 4.79 Å². The van der Waals surface area contributed by atoms with Crippen molar-refractivity contribution in [3.05, 3.63) is 66.2 Å². The molecule has 1 fully saturated rings. The molecule has 2 aromatic carbocycles. The fourth-order valence-electron chi connectivity index (χ4n) is 3.66. The molecule has 4 heteroatoms. The Morgan fingerprint density at radius 3 is 2.52 bits per heavy atom. The summed E-state index contributed by atoms with van der Waals surface area (Å²) < 4.78 is 0. The number of nitrogens with one attached hydrogen (secondary N) is 1. The number of fused-ring (bicyclic) bond motifs is 1. The summed E-state index contributed by atoms with van der Waals surface area (Å²) in [6.45, 7) is 0.674. The van der Waals surface area contributed by atoms with E-state index in [2.05, 4.69) is 24.3 Å². The van der Waals surface area contributed by atoms with Crippen LogP contribution in [-0.2, 0) is 0 Å². The van der Waals surface area contributed by atoms with Crippen molar-refractivity contribution < 1.29 is 4.79 Å². The van der Waals surface area contributed by atoms with Gasteiger partial charge in [0.1, 0.15) is 0 Å². The first-order chi connectivity index (χ1) is 13.1. The van der Waals surface area contributed by atoms with Gasteiger partial charge in [0.15, 0.2) is 0 Å². The fraction of sp³-hybridized carbons (Fsp3) is 0.304. The molecule has 1 amide bonds. The average molecular weight is 359 g/mol. The van der Waals surface area contributed by atoms with Crippen LogP contribution in [0.4, 0.5) is 0 Å². The molecule has 4 nitrogen and oxygen atoms in total. The number of nitrogens with zero attached hydrogens (tertiary/aromatic N) is 2. The van der Waals surface area contributed by atoms with E-state index in [4.69, 9.17) is 4.98 Å². The van der Waals surface area contributed by atoms with Crippen LogP contribution in [0.15, 0.2) is 60.7 Å². The summed E-state index contributed by atoms with van der Waals surface area (Å²) in [5, 5.41) is 4.06. The van der Waals surface area contributed by atoms with Gasteiger partial charge in [-0.05, 0) is 45.0 Å². The molecule has 0 radical (unpaired) electrons. The third kappa shape index (κ3) is 3.86. The first-order valence-electron chi connectivity index (χ1n) is 9.53. The lowest BCUT2D eigenvalue weighted by molar-refractivity contribution is 0.0940. The smallest absolute Gasteiger partial charge is 0.252 e. The zero-order valence-corrected chi connectivity index (χ0v) is 15.9. The number of hydrogen-bond donors (Lipinski definition) is 1. The molecule has 3 aromatic rings. The topological polar surface area (TPSA) is 45.2 Å². The highest BCUT2D eigenvalue weighted by molar-refractivity contribution is 6.07. The number of carbonyl (C=O) groups is 1. The van der Waals surface area contributed by atoms with Crippen molar-refractivity contribution in [3.63, 3.8) is 0 Å². The number of likely N-dealkylation sites (N-methyl/N-ethyl adjacent to an activating group) is 1. The minimum absolute atomic E-state index is 0.0294. The molecule has 1 N–H and O–H groups in total. The summed E-state index contributed by atoms with van der Waals surface area (Å²) >= 11 is 0. The van der Waals surface area contributed by atoms with E-state index >= 15 is 0 Å². The summed E-state index contributed by atoms with van der Waals surface area (Å²) in [6, 6.07) is 20.2. The van der Waals surface area contributed by atoms with Gasteiger partial charge < -0.3 is 10.2 Å². The molecule has 27 heavy (non-hydrogen) atoms. The maximum atomic E-state index is 13.1. The number of amides is 1. The molecule has 1 aliphatic carbocycles. The first-order valence-corrected chi connectivity index (χ1v) is 9.53. The van der Waals surface area contributed by atoms with Crippen LogP contribution in [0.3, 0.4) is 0 Å². The van der Waals surface area contributed by atoms with Crippen LogP contribution in [0.1, 0.15) is 23.2 Å². The molecule has 1 atom stereocenters. The Bertz CT molecular complexity index is 946. The zero-order valence-electron chi connectivity index (χ0n) is 15.9. The molecule has 0 unspecified atom stereocenters. The van der Waals surface area contributed by atoms with Crippen LogP contribution in [0.25, 0.3) is 22.2 Å². The molecule has 1 aromatic heterocycles. The maximum Gasteiger partial charge on any atom is 0.252 e. The second kappa shape index (κ2) is 7.49. The minimum Gasteiger partial charge on any atom is -0.350 e. The van der Waals surface area contributed by atoms with E-state index in [1.807, 2.05) is 60.7 Å². The van der Waals surface area contributed by atoms with Crippen molar-refractivity contribution in [3.8, 4) is 11.3 Å². The summed E-state index contributed by atoms with van der Waals surface area (Å²) in [7, 11) is 4.18. The van der Waals surface area contributed by atoms with Gasteiger partial charge in [-0.2, -0.15) is 0 Å². The fourth-order valence-corrected chi connectivity index (χ4v) is 3.66. The molecule has 1 heterocycles. The lowest BCUT2D eigenvalue weighted by Gasteiger charge is -2.24. The molecule has 1 saturated carbocycles. The van der Waals surface area contributed by atoms with Crippen molar-refractivity contribution in [1.29, 1.82) is 0 Å². The summed E-state index contributed by atoms with van der Waals surface area (Å²) in [5.74, 6) is 0.674. The molecule has 4 rings (SSSR count). The van der Waals surface area contributed by atoms with Crippen molar-refractivity contribution in [2.45, 2.75) is 18.9 Å². The largest absolute Gasteiger partial charge is 0.350 e. The van der Waals surface area contributed by atoms with E-state index < -0.39 is 0 Å². The Balaban J connectivity index is 1.66. The van der Waals surface area contributed by atoms with Crippen LogP contribution < -0.4 is 5.32 Å². The van der Waals surface area contributed by atoms with Gasteiger partial charge in [0.05, 0.1) is 16.8 Å². The Kier molecular flexibility index (Phi) is 4.90. The van der Waals surface area contributed by atoms with Gasteiger partial charge in [-0.25, -0.2) is 4.98 Å². The van der Waals surface area contributed by atoms with Crippen LogP contribution in [-0.4, -0.2) is 42.5 Å². The summed E-state index contributed by atoms with van der Waals surface area (Å²) in [6.07, 6.45) is 2.52. The average Bonchev–Trinajstić information content (AvgIpc) is 3.52. The monoisotopic (exact) mass is 359 g/mol. The van der Waals surface area contributed by atoms with Crippen LogP contribution >= 0.6 is 0 Å². The second-order valence-corrected chi connectivity index (χ2v) is 7.52. The number of para-hydroxylation sites is 1. The molecule has 0 spiro atoms. The predicted octanol–water partition coefficient (Wildman–Crippen LogP) is 3.97. The molecule has 1 aliphatic rings. The summed E-state index contributed by atoms with van der Waals surface area (Å²) in [4.78, 5) is 20.0. The van der Waals surface area contributed by atoms with E-state index in [1.165, 1.54) is 12.8 Å². The van der Waals surface area contributed by atoms with Gasteiger partial charge in [-0.15, -0.1) is 0 Å². The SMILES string of the molecule is CN(C)[C@H](CNC(=O)c1cc(-c2ccccc2)nc2ccccc12)C1CC1. The van der Waals surface area contributed by atoms with Gasteiger partial charge >= 0.3 is 0 Å². The Morgan fingerprint density at radius 2 is 1.81 bits per heavy atom. The Hall–Kier alpha value is -2.72. The summed E-state index contributed by atoms with van der Waals surface area (Å²) in [5.41, 5.74) is 3.37. The number of carbonyl (C=O) groups excluding carboxylic acids is 1. The lowest BCUT2D eigenvalue weighted by atomic mass is 10.0. The highest BCUT2D eigenvalue weighted by atomic mass is 16.1. The third-order valence-electron chi connectivity index (χ3n) is 5.33. The van der Waals surface area contributed by atoms with Crippen LogP contribution in [0.2, 0.25) is 0 Å². The predicted molar refractivity (Wildman–Crippen MR) is 110 cm³/mol. The highest BCUT2D eigenvalue weighted by Crippen LogP contribution is 2.34. The Labute approximate surface area is 160 Å². The van der Waals surface area contributed by atoms with Crippen LogP contribution in [0, 0.1) is 5.92 Å². The molecule has 0 saturated heterocycles. The van der Waals surface area contributed by atoms with E-state index in [1.54, 1.807) is 0 Å². The Morgan fingerprint density at radius 1 is 1.11 bits per heavy atom. The van der Waals surface area contributed by atoms with Gasteiger partial charge in [0.25, 0.3) is 5.91 Å². The van der Waals surface area contributed by atoms with Crippen molar-refractivity contribution in [2.75, 3.05) is 20.6 Å². The van der Waals surface area contributed by atoms with Crippen molar-refractivity contribution in [1.82, 2.24) is 15.2 Å². The molecule has 138 valence electrons. The molecular formula is C23H25N3O. The second-order valence-electron chi connectivity index (χ2n) is 7.52. The van der Waals surface area contributed by atoms with Crippen molar-refractivity contribution in [2.24, 2.45) is 5.92 Å². The number of aromatic nitrogens is 1. The minimum atomic E-state index is -0.0294. The lowest BCUT2D eigenvalue weighted by Crippen LogP contribution is -2.41. The first kappa shape index (κ1) is 17.7. The highest BCUT2D eigenvalue weighted by Gasteiger charge is 2.32. The number of rotatable bonds is 6. The number of benzene rings is 2. The van der Waals surface area contributed by atoms with Gasteiger partial charge in [-0.3, -0.25) is 4.79 Å². The maximum absolute atomic E-state index is 13.1. The van der Waals surface area contributed by atoms with Crippen LogP contribution in [0.5, 0.6) is 0 Å². The molecule has 0 bridgehead atoms. The quantitative estimate of drug-likeness (QED) is 0.724. The van der Waals surface area contributed by atoms with E-state index in [0.717, 1.165) is 22.2 Å². The standard InChI is InChI=1S/C23H25N3O/c1-26(2)22(17-12-13-17)15-24-23(27)19-14-21(16-8-4-3-5-9-16)25-20-11-7-6-10-18(19)20/h3-11,14,17,22H,12-13,15H2,1-2H3,(H,24,27)/t22-/m1/s1. The molecule has 0 aliphatic heterocycles. The van der Waals surface area contributed by atoms with Gasteiger partial charge in [0.2, 0.25) is 0 Å². The van der Waals surface area contributed by atoms with Crippen molar-refractivity contribution >= 4 is 16.8 Å². The van der Waals surface area contributed by atoms with E-state index in [0.29, 0.717) is 24.1 Å². The normalized spacial score (nSPS) is 15.1. The number of hydrogen-bond acceptors (Lipinski definition) is 3. The van der Waals surface area contributed by atoms with Gasteiger partial charge in [0, 0.05) is 23.5 Å². The zero-order chi connectivity index (χ0) is 18.8. The molecular weight excluding hydrogens is 334 g/mol. The third-order valence-corrected chi connectivity index (χ3v) is 5.33. The number of pyridine rings is 1. The van der Waals surface area contributed by atoms with E-state index in [-0.39, 0.29) is 5.91 Å².